The lowest BCUT2D eigenvalue weighted by Crippen LogP contribution is -2.13. The number of rotatable bonds is 14. The van der Waals surface area contributed by atoms with Gasteiger partial charge in [0.25, 0.3) is 0 Å². The molecule has 0 aliphatic heterocycles. The molecule has 0 amide bonds. The molecule has 1 heterocycles. The third-order valence-electron chi connectivity index (χ3n) is 7.32. The van der Waals surface area contributed by atoms with E-state index < -0.39 is 0 Å². The molecular weight excluding hydrogens is 409 g/mol. The zero-order chi connectivity index (χ0) is 23.3. The highest BCUT2D eigenvalue weighted by atomic mass is 19.1. The van der Waals surface area contributed by atoms with E-state index in [9.17, 15) is 4.39 Å². The van der Waals surface area contributed by atoms with Crippen molar-refractivity contribution in [3.05, 3.63) is 47.9 Å². The number of ether oxygens (including phenoxy) is 1. The van der Waals surface area contributed by atoms with Gasteiger partial charge in [-0.2, -0.15) is 0 Å². The quantitative estimate of drug-likeness (QED) is 0.266. The monoisotopic (exact) mass is 453 g/mol. The van der Waals surface area contributed by atoms with E-state index in [0.29, 0.717) is 12.5 Å². The Morgan fingerprint density at radius 1 is 0.818 bits per heavy atom. The molecule has 0 atom stereocenters. The Balaban J connectivity index is 1.46. The van der Waals surface area contributed by atoms with Crippen LogP contribution in [0.3, 0.4) is 0 Å². The van der Waals surface area contributed by atoms with Gasteiger partial charge in [-0.3, -0.25) is 0 Å². The van der Waals surface area contributed by atoms with Crippen LogP contribution in [0.5, 0.6) is 5.88 Å². The lowest BCUT2D eigenvalue weighted by Gasteiger charge is -2.29. The average molecular weight is 454 g/mol. The maximum absolute atomic E-state index is 14.5. The normalized spacial score (nSPS) is 18.4. The van der Waals surface area contributed by atoms with Gasteiger partial charge in [0.15, 0.2) is 5.82 Å². The number of nitrogens with zero attached hydrogens (tertiary/aromatic N) is 1. The predicted molar refractivity (Wildman–Crippen MR) is 137 cm³/mol. The summed E-state index contributed by atoms with van der Waals surface area (Å²) in [5, 5.41) is 0. The van der Waals surface area contributed by atoms with Crippen LogP contribution in [-0.2, 0) is 0 Å². The molecule has 2 aromatic rings. The molecule has 0 saturated heterocycles. The molecule has 1 aliphatic carbocycles. The number of hydrogen-bond acceptors (Lipinski definition) is 2. The van der Waals surface area contributed by atoms with Crippen molar-refractivity contribution in [1.82, 2.24) is 4.98 Å². The third kappa shape index (κ3) is 8.43. The molecule has 1 aromatic heterocycles. The molecule has 3 heteroatoms. The molecule has 3 rings (SSSR count). The first-order valence-corrected chi connectivity index (χ1v) is 13.6. The second-order valence-electron chi connectivity index (χ2n) is 9.96. The largest absolute Gasteiger partial charge is 0.476 e. The van der Waals surface area contributed by atoms with Crippen molar-refractivity contribution in [2.24, 2.45) is 5.92 Å². The van der Waals surface area contributed by atoms with E-state index in [2.05, 4.69) is 43.1 Å². The van der Waals surface area contributed by atoms with Gasteiger partial charge in [-0.1, -0.05) is 95.9 Å². The lowest BCUT2D eigenvalue weighted by molar-refractivity contribution is 0.278. The minimum atomic E-state index is -0.371. The summed E-state index contributed by atoms with van der Waals surface area (Å²) in [6.07, 6.45) is 19.7. The van der Waals surface area contributed by atoms with E-state index in [4.69, 9.17) is 4.74 Å². The van der Waals surface area contributed by atoms with Gasteiger partial charge < -0.3 is 4.74 Å². The second kappa shape index (κ2) is 14.4. The molecule has 33 heavy (non-hydrogen) atoms. The Bertz CT molecular complexity index is 795. The van der Waals surface area contributed by atoms with Crippen molar-refractivity contribution in [2.45, 2.75) is 110 Å². The fourth-order valence-electron chi connectivity index (χ4n) is 5.16. The summed E-state index contributed by atoms with van der Waals surface area (Å²) in [5.74, 6) is 1.36. The van der Waals surface area contributed by atoms with Crippen molar-refractivity contribution >= 4 is 0 Å². The van der Waals surface area contributed by atoms with Crippen LogP contribution in [0.4, 0.5) is 4.39 Å². The SMILES string of the molecule is CCCCCCCCOc1ncc(-c2ccc(C3CCC(CCCCC)CC3)cc2)cc1F. The number of pyridine rings is 1. The Morgan fingerprint density at radius 2 is 1.48 bits per heavy atom. The van der Waals surface area contributed by atoms with Crippen LogP contribution in [0.1, 0.15) is 115 Å². The molecule has 0 N–H and O–H groups in total. The molecule has 1 fully saturated rings. The fourth-order valence-corrected chi connectivity index (χ4v) is 5.16. The molecule has 1 saturated carbocycles. The van der Waals surface area contributed by atoms with Crippen LogP contribution in [0.25, 0.3) is 11.1 Å². The van der Waals surface area contributed by atoms with Crippen molar-refractivity contribution < 1.29 is 9.13 Å². The smallest absolute Gasteiger partial charge is 0.250 e. The summed E-state index contributed by atoms with van der Waals surface area (Å²) in [6.45, 7) is 5.03. The van der Waals surface area contributed by atoms with E-state index >= 15 is 0 Å². The number of hydrogen-bond donors (Lipinski definition) is 0. The van der Waals surface area contributed by atoms with E-state index in [1.54, 1.807) is 12.3 Å². The second-order valence-corrected chi connectivity index (χ2v) is 9.96. The maximum Gasteiger partial charge on any atom is 0.250 e. The summed E-state index contributed by atoms with van der Waals surface area (Å²) < 4.78 is 20.1. The molecule has 0 unspecified atom stereocenters. The molecule has 1 aromatic carbocycles. The van der Waals surface area contributed by atoms with E-state index in [1.165, 1.54) is 82.6 Å². The molecule has 1 aliphatic rings. The highest BCUT2D eigenvalue weighted by molar-refractivity contribution is 5.63. The maximum atomic E-state index is 14.5. The van der Waals surface area contributed by atoms with Gasteiger partial charge in [0.1, 0.15) is 0 Å². The first-order valence-electron chi connectivity index (χ1n) is 13.6. The van der Waals surface area contributed by atoms with Gasteiger partial charge in [-0.25, -0.2) is 9.37 Å². The van der Waals surface area contributed by atoms with Crippen molar-refractivity contribution in [3.8, 4) is 17.0 Å². The molecule has 182 valence electrons. The van der Waals surface area contributed by atoms with Gasteiger partial charge in [-0.05, 0) is 61.1 Å². The van der Waals surface area contributed by atoms with Crippen molar-refractivity contribution in [2.75, 3.05) is 6.61 Å². The van der Waals surface area contributed by atoms with Crippen LogP contribution in [0, 0.1) is 11.7 Å². The number of halogens is 1. The molecule has 0 bridgehead atoms. The molecule has 0 radical (unpaired) electrons. The van der Waals surface area contributed by atoms with Gasteiger partial charge in [0, 0.05) is 11.8 Å². The summed E-state index contributed by atoms with van der Waals surface area (Å²) in [4.78, 5) is 4.26. The van der Waals surface area contributed by atoms with Crippen LogP contribution >= 0.6 is 0 Å². The lowest BCUT2D eigenvalue weighted by atomic mass is 9.77. The first kappa shape index (κ1) is 25.7. The van der Waals surface area contributed by atoms with Gasteiger partial charge in [-0.15, -0.1) is 0 Å². The topological polar surface area (TPSA) is 22.1 Å². The summed E-state index contributed by atoms with van der Waals surface area (Å²) in [6, 6.07) is 10.3. The number of unbranched alkanes of at least 4 members (excludes halogenated alkanes) is 7. The predicted octanol–water partition coefficient (Wildman–Crippen LogP) is 9.48. The van der Waals surface area contributed by atoms with Gasteiger partial charge in [0.05, 0.1) is 6.61 Å². The van der Waals surface area contributed by atoms with Crippen molar-refractivity contribution in [1.29, 1.82) is 0 Å². The Kier molecular flexibility index (Phi) is 11.2. The Labute approximate surface area is 201 Å². The highest BCUT2D eigenvalue weighted by Crippen LogP contribution is 2.38. The van der Waals surface area contributed by atoms with Crippen LogP contribution in [-0.4, -0.2) is 11.6 Å². The average Bonchev–Trinajstić information content (AvgIpc) is 2.85. The molecule has 0 spiro atoms. The summed E-state index contributed by atoms with van der Waals surface area (Å²) in [7, 11) is 0. The third-order valence-corrected chi connectivity index (χ3v) is 7.32. The minimum absolute atomic E-state index is 0.125. The summed E-state index contributed by atoms with van der Waals surface area (Å²) in [5.41, 5.74) is 3.25. The zero-order valence-corrected chi connectivity index (χ0v) is 21.0. The summed E-state index contributed by atoms with van der Waals surface area (Å²) >= 11 is 0. The van der Waals surface area contributed by atoms with E-state index in [0.717, 1.165) is 29.9 Å². The Hall–Kier alpha value is -1.90. The van der Waals surface area contributed by atoms with E-state index in [-0.39, 0.29) is 11.7 Å². The first-order chi connectivity index (χ1) is 16.2. The Morgan fingerprint density at radius 3 is 2.18 bits per heavy atom. The van der Waals surface area contributed by atoms with Gasteiger partial charge in [0.2, 0.25) is 5.88 Å². The van der Waals surface area contributed by atoms with Gasteiger partial charge >= 0.3 is 0 Å². The highest BCUT2D eigenvalue weighted by Gasteiger charge is 2.22. The van der Waals surface area contributed by atoms with E-state index in [1.807, 2.05) is 0 Å². The molecule has 2 nitrogen and oxygen atoms in total. The number of benzene rings is 1. The molecular formula is C30H44FNO. The fraction of sp³-hybridized carbons (Fsp3) is 0.633. The zero-order valence-electron chi connectivity index (χ0n) is 21.0. The van der Waals surface area contributed by atoms with Crippen LogP contribution in [0.2, 0.25) is 0 Å². The minimum Gasteiger partial charge on any atom is -0.476 e. The van der Waals surface area contributed by atoms with Crippen molar-refractivity contribution in [3.63, 3.8) is 0 Å². The standard InChI is InChI=1S/C30H44FNO/c1-3-5-7-8-9-11-21-33-30-29(31)22-28(23-32-30)27-19-17-26(18-20-27)25-15-13-24(14-16-25)12-10-6-4-2/h17-20,22-25H,3-16,21H2,1-2H3. The number of aromatic nitrogens is 1. The van der Waals surface area contributed by atoms with Crippen LogP contribution < -0.4 is 4.74 Å². The van der Waals surface area contributed by atoms with Crippen LogP contribution in [0.15, 0.2) is 36.5 Å².